The van der Waals surface area contributed by atoms with E-state index in [-0.39, 0.29) is 5.75 Å². The molecule has 0 bridgehead atoms. The first kappa shape index (κ1) is 12.5. The van der Waals surface area contributed by atoms with Gasteiger partial charge in [0.25, 0.3) is 0 Å². The number of aromatic amines is 1. The number of alkyl halides is 3. The summed E-state index contributed by atoms with van der Waals surface area (Å²) >= 11 is 0. The highest BCUT2D eigenvalue weighted by molar-refractivity contribution is 5.93. The Morgan fingerprint density at radius 3 is 2.50 bits per heavy atom. The van der Waals surface area contributed by atoms with Gasteiger partial charge >= 0.3 is 6.36 Å². The van der Waals surface area contributed by atoms with Crippen LogP contribution >= 0.6 is 0 Å². The van der Waals surface area contributed by atoms with Crippen molar-refractivity contribution in [1.29, 1.82) is 0 Å². The number of pyridine rings is 1. The summed E-state index contributed by atoms with van der Waals surface area (Å²) in [6.45, 7) is 0. The van der Waals surface area contributed by atoms with E-state index in [1.807, 2.05) is 6.07 Å². The first-order valence-electron chi connectivity index (χ1n) is 5.81. The second kappa shape index (κ2) is 4.56. The molecule has 2 aromatic heterocycles. The van der Waals surface area contributed by atoms with Crippen molar-refractivity contribution in [2.45, 2.75) is 6.36 Å². The molecular formula is C14H9F3N2O. The maximum Gasteiger partial charge on any atom is 0.573 e. The molecule has 0 unspecified atom stereocenters. The summed E-state index contributed by atoms with van der Waals surface area (Å²) in [4.78, 5) is 7.18. The number of halogens is 3. The molecule has 1 N–H and O–H groups in total. The first-order chi connectivity index (χ1) is 9.53. The van der Waals surface area contributed by atoms with Crippen molar-refractivity contribution in [3.63, 3.8) is 0 Å². The number of hydrogen-bond donors (Lipinski definition) is 1. The van der Waals surface area contributed by atoms with Crippen LogP contribution in [-0.2, 0) is 0 Å². The lowest BCUT2D eigenvalue weighted by Crippen LogP contribution is -2.16. The van der Waals surface area contributed by atoms with Gasteiger partial charge < -0.3 is 9.72 Å². The lowest BCUT2D eigenvalue weighted by molar-refractivity contribution is -0.274. The van der Waals surface area contributed by atoms with Crippen molar-refractivity contribution < 1.29 is 17.9 Å². The summed E-state index contributed by atoms with van der Waals surface area (Å²) < 4.78 is 40.1. The average molecular weight is 278 g/mol. The van der Waals surface area contributed by atoms with Gasteiger partial charge in [-0.2, -0.15) is 0 Å². The van der Waals surface area contributed by atoms with Gasteiger partial charge in [-0.1, -0.05) is 12.1 Å². The van der Waals surface area contributed by atoms with E-state index in [2.05, 4.69) is 14.7 Å². The molecule has 20 heavy (non-hydrogen) atoms. The van der Waals surface area contributed by atoms with Crippen LogP contribution in [0.5, 0.6) is 5.75 Å². The number of rotatable bonds is 2. The quantitative estimate of drug-likeness (QED) is 0.765. The third-order valence-electron chi connectivity index (χ3n) is 2.85. The van der Waals surface area contributed by atoms with Gasteiger partial charge in [-0.25, -0.2) is 4.98 Å². The lowest BCUT2D eigenvalue weighted by Gasteiger charge is -2.09. The Labute approximate surface area is 112 Å². The van der Waals surface area contributed by atoms with E-state index in [0.717, 1.165) is 22.2 Å². The van der Waals surface area contributed by atoms with Crippen molar-refractivity contribution >= 4 is 11.0 Å². The molecule has 2 heterocycles. The molecule has 3 aromatic rings. The molecule has 0 aliphatic heterocycles. The van der Waals surface area contributed by atoms with Gasteiger partial charge in [-0.15, -0.1) is 13.2 Å². The fraction of sp³-hybridized carbons (Fsp3) is 0.0714. The van der Waals surface area contributed by atoms with Crippen LogP contribution in [-0.4, -0.2) is 16.3 Å². The predicted octanol–water partition coefficient (Wildman–Crippen LogP) is 4.13. The highest BCUT2D eigenvalue weighted by Crippen LogP contribution is 2.30. The van der Waals surface area contributed by atoms with Gasteiger partial charge in [-0.05, 0) is 29.8 Å². The Morgan fingerprint density at radius 1 is 1.05 bits per heavy atom. The molecule has 0 aliphatic rings. The Hall–Kier alpha value is -2.50. The van der Waals surface area contributed by atoms with E-state index in [9.17, 15) is 13.2 Å². The van der Waals surface area contributed by atoms with E-state index in [1.165, 1.54) is 12.1 Å². The summed E-state index contributed by atoms with van der Waals surface area (Å²) in [5, 5.41) is 0.914. The fourth-order valence-corrected chi connectivity index (χ4v) is 2.03. The summed E-state index contributed by atoms with van der Waals surface area (Å²) in [5.74, 6) is -0.237. The van der Waals surface area contributed by atoms with Gasteiger partial charge in [0.15, 0.2) is 0 Å². The Kier molecular flexibility index (Phi) is 2.85. The summed E-state index contributed by atoms with van der Waals surface area (Å²) in [7, 11) is 0. The molecule has 0 amide bonds. The minimum atomic E-state index is -4.67. The number of nitrogens with one attached hydrogen (secondary N) is 1. The van der Waals surface area contributed by atoms with Crippen molar-refractivity contribution in [3.05, 3.63) is 48.8 Å². The van der Waals surface area contributed by atoms with E-state index in [1.54, 1.807) is 30.6 Å². The number of ether oxygens (including phenoxy) is 1. The molecule has 6 heteroatoms. The van der Waals surface area contributed by atoms with E-state index < -0.39 is 6.36 Å². The van der Waals surface area contributed by atoms with Crippen LogP contribution < -0.4 is 4.74 Å². The SMILES string of the molecule is FC(F)(F)Oc1ccc(-c2c[nH]c3ncccc23)cc1. The zero-order valence-corrected chi connectivity index (χ0v) is 10.1. The Bertz CT molecular complexity index is 732. The monoisotopic (exact) mass is 278 g/mol. The number of nitrogens with zero attached hydrogens (tertiary/aromatic N) is 1. The largest absolute Gasteiger partial charge is 0.573 e. The van der Waals surface area contributed by atoms with Gasteiger partial charge in [0.1, 0.15) is 11.4 Å². The zero-order valence-electron chi connectivity index (χ0n) is 10.1. The number of aromatic nitrogens is 2. The van der Waals surface area contributed by atoms with Crippen LogP contribution in [0.15, 0.2) is 48.8 Å². The van der Waals surface area contributed by atoms with Crippen LogP contribution in [0.3, 0.4) is 0 Å². The summed E-state index contributed by atoms with van der Waals surface area (Å²) in [5.41, 5.74) is 2.41. The van der Waals surface area contributed by atoms with Crippen molar-refractivity contribution in [3.8, 4) is 16.9 Å². The average Bonchev–Trinajstić information content (AvgIpc) is 2.82. The van der Waals surface area contributed by atoms with Gasteiger partial charge in [-0.3, -0.25) is 0 Å². The second-order valence-electron chi connectivity index (χ2n) is 4.17. The standard InChI is InChI=1S/C14H9F3N2O/c15-14(16,17)20-10-5-3-9(4-6-10)12-8-19-13-11(12)2-1-7-18-13/h1-8H,(H,18,19). The molecule has 3 nitrogen and oxygen atoms in total. The Balaban J connectivity index is 1.95. The second-order valence-corrected chi connectivity index (χ2v) is 4.17. The molecule has 0 atom stereocenters. The number of benzene rings is 1. The third-order valence-corrected chi connectivity index (χ3v) is 2.85. The molecule has 0 radical (unpaired) electrons. The van der Waals surface area contributed by atoms with Gasteiger partial charge in [0, 0.05) is 23.3 Å². The van der Waals surface area contributed by atoms with Crippen molar-refractivity contribution in [2.24, 2.45) is 0 Å². The smallest absolute Gasteiger partial charge is 0.406 e. The topological polar surface area (TPSA) is 37.9 Å². The normalized spacial score (nSPS) is 11.8. The lowest BCUT2D eigenvalue weighted by atomic mass is 10.1. The van der Waals surface area contributed by atoms with E-state index >= 15 is 0 Å². The summed E-state index contributed by atoms with van der Waals surface area (Å²) in [6.07, 6.45) is -1.23. The molecule has 0 saturated carbocycles. The molecule has 102 valence electrons. The van der Waals surface area contributed by atoms with E-state index in [0.29, 0.717) is 0 Å². The highest BCUT2D eigenvalue weighted by Gasteiger charge is 2.30. The molecule has 0 spiro atoms. The van der Waals surface area contributed by atoms with Crippen molar-refractivity contribution in [1.82, 2.24) is 9.97 Å². The zero-order chi connectivity index (χ0) is 14.2. The molecule has 0 saturated heterocycles. The highest BCUT2D eigenvalue weighted by atomic mass is 19.4. The van der Waals surface area contributed by atoms with Crippen LogP contribution in [0.1, 0.15) is 0 Å². The predicted molar refractivity (Wildman–Crippen MR) is 68.2 cm³/mol. The number of H-pyrrole nitrogens is 1. The van der Waals surface area contributed by atoms with Crippen LogP contribution in [0.25, 0.3) is 22.2 Å². The van der Waals surface area contributed by atoms with Gasteiger partial charge in [0.05, 0.1) is 0 Å². The number of hydrogen-bond acceptors (Lipinski definition) is 2. The molecule has 3 rings (SSSR count). The molecule has 0 fully saturated rings. The first-order valence-corrected chi connectivity index (χ1v) is 5.81. The fourth-order valence-electron chi connectivity index (χ4n) is 2.03. The Morgan fingerprint density at radius 2 is 1.80 bits per heavy atom. The van der Waals surface area contributed by atoms with Crippen molar-refractivity contribution in [2.75, 3.05) is 0 Å². The third kappa shape index (κ3) is 2.45. The molecular weight excluding hydrogens is 269 g/mol. The maximum atomic E-state index is 12.1. The van der Waals surface area contributed by atoms with E-state index in [4.69, 9.17) is 0 Å². The maximum absolute atomic E-state index is 12.1. The molecule has 0 aliphatic carbocycles. The van der Waals surface area contributed by atoms with Crippen LogP contribution in [0.2, 0.25) is 0 Å². The van der Waals surface area contributed by atoms with Gasteiger partial charge in [0.2, 0.25) is 0 Å². The minimum absolute atomic E-state index is 0.237. The van der Waals surface area contributed by atoms with Crippen LogP contribution in [0, 0.1) is 0 Å². The number of fused-ring (bicyclic) bond motifs is 1. The minimum Gasteiger partial charge on any atom is -0.406 e. The summed E-state index contributed by atoms with van der Waals surface area (Å²) in [6, 6.07) is 9.44. The molecule has 1 aromatic carbocycles. The van der Waals surface area contributed by atoms with Crippen LogP contribution in [0.4, 0.5) is 13.2 Å².